The molecule has 0 spiro atoms. The first-order chi connectivity index (χ1) is 13.0. The zero-order chi connectivity index (χ0) is 19.2. The van der Waals surface area contributed by atoms with Gasteiger partial charge in [-0.3, -0.25) is 19.0 Å². The van der Waals surface area contributed by atoms with Crippen molar-refractivity contribution >= 4 is 28.7 Å². The minimum atomic E-state index is -1.86. The lowest BCUT2D eigenvalue weighted by Crippen LogP contribution is -2.44. The second kappa shape index (κ2) is 6.09. The first kappa shape index (κ1) is 17.0. The Hall–Kier alpha value is -3.41. The smallest absolute Gasteiger partial charge is 0.321 e. The van der Waals surface area contributed by atoms with Gasteiger partial charge in [0, 0.05) is 23.1 Å². The largest absolute Gasteiger partial charge is 0.480 e. The fraction of sp³-hybridized carbons (Fsp3) is 0.190. The highest BCUT2D eigenvalue weighted by atomic mass is 16.4. The number of hydrogen-bond acceptors (Lipinski definition) is 3. The zero-order valence-electron chi connectivity index (χ0n) is 14.4. The molecule has 0 saturated carbocycles. The molecule has 4 rings (SSSR count). The van der Waals surface area contributed by atoms with E-state index in [9.17, 15) is 24.6 Å². The Kier molecular flexibility index (Phi) is 3.84. The fourth-order valence-corrected chi connectivity index (χ4v) is 3.94. The predicted molar refractivity (Wildman–Crippen MR) is 97.8 cm³/mol. The number of carbonyl (C=O) groups excluding carboxylic acids is 1. The molecule has 27 heavy (non-hydrogen) atoms. The van der Waals surface area contributed by atoms with Gasteiger partial charge in [-0.1, -0.05) is 36.4 Å². The van der Waals surface area contributed by atoms with E-state index in [0.29, 0.717) is 22.3 Å². The summed E-state index contributed by atoms with van der Waals surface area (Å²) in [6.07, 6.45) is 0.0207. The topological polar surface area (TPSA) is 96.6 Å². The number of hydrogen-bond donors (Lipinski definition) is 2. The molecule has 1 aliphatic rings. The number of carboxylic acids is 2. The van der Waals surface area contributed by atoms with Crippen LogP contribution >= 0.6 is 0 Å². The first-order valence-corrected chi connectivity index (χ1v) is 8.63. The Morgan fingerprint density at radius 2 is 1.52 bits per heavy atom. The van der Waals surface area contributed by atoms with Crippen LogP contribution in [0.4, 0.5) is 0 Å². The molecular formula is C21H17NO5. The van der Waals surface area contributed by atoms with Gasteiger partial charge in [-0.2, -0.15) is 0 Å². The molecule has 0 atom stereocenters. The molecule has 2 N–H and O–H groups in total. The number of aromatic nitrogens is 1. The third kappa shape index (κ3) is 2.44. The van der Waals surface area contributed by atoms with Gasteiger partial charge in [-0.05, 0) is 36.6 Å². The Labute approximate surface area is 154 Å². The number of benzene rings is 2. The van der Waals surface area contributed by atoms with E-state index in [1.807, 2.05) is 18.2 Å². The van der Waals surface area contributed by atoms with Crippen molar-refractivity contribution in [3.8, 4) is 0 Å². The summed E-state index contributed by atoms with van der Waals surface area (Å²) >= 11 is 0. The second-order valence-electron chi connectivity index (χ2n) is 6.82. The molecule has 1 heterocycles. The van der Waals surface area contributed by atoms with E-state index >= 15 is 0 Å². The van der Waals surface area contributed by atoms with Gasteiger partial charge in [0.05, 0.1) is 5.52 Å². The van der Waals surface area contributed by atoms with Crippen molar-refractivity contribution in [3.63, 3.8) is 0 Å². The average Bonchev–Trinajstić information content (AvgIpc) is 3.01. The molecule has 136 valence electrons. The molecule has 0 saturated heterocycles. The molecule has 0 radical (unpaired) electrons. The van der Waals surface area contributed by atoms with E-state index in [1.54, 1.807) is 41.0 Å². The number of carboxylic acid groups (broad SMARTS) is 2. The van der Waals surface area contributed by atoms with Gasteiger partial charge < -0.3 is 10.2 Å². The number of fused-ring (bicyclic) bond motifs is 3. The summed E-state index contributed by atoms with van der Waals surface area (Å²) in [6, 6.07) is 16.1. The van der Waals surface area contributed by atoms with Gasteiger partial charge in [0.15, 0.2) is 5.41 Å². The highest BCUT2D eigenvalue weighted by Gasteiger charge is 2.50. The monoisotopic (exact) mass is 363 g/mol. The molecule has 0 amide bonds. The van der Waals surface area contributed by atoms with Gasteiger partial charge in [0.25, 0.3) is 5.91 Å². The summed E-state index contributed by atoms with van der Waals surface area (Å²) in [5.74, 6) is -2.88. The van der Waals surface area contributed by atoms with Crippen LogP contribution in [0.5, 0.6) is 0 Å². The van der Waals surface area contributed by atoms with Crippen LogP contribution in [-0.4, -0.2) is 32.6 Å². The van der Waals surface area contributed by atoms with Crippen LogP contribution in [0.15, 0.2) is 54.6 Å². The van der Waals surface area contributed by atoms with Crippen molar-refractivity contribution in [2.45, 2.75) is 19.3 Å². The third-order valence-corrected chi connectivity index (χ3v) is 5.40. The molecule has 0 aliphatic heterocycles. The van der Waals surface area contributed by atoms with Crippen LogP contribution in [0.2, 0.25) is 0 Å². The van der Waals surface area contributed by atoms with Crippen molar-refractivity contribution in [1.29, 1.82) is 0 Å². The van der Waals surface area contributed by atoms with E-state index < -0.39 is 17.4 Å². The van der Waals surface area contributed by atoms with Crippen LogP contribution in [0.1, 0.15) is 28.0 Å². The van der Waals surface area contributed by atoms with Crippen molar-refractivity contribution in [3.05, 3.63) is 71.4 Å². The van der Waals surface area contributed by atoms with Crippen LogP contribution in [0, 0.1) is 5.41 Å². The average molecular weight is 363 g/mol. The SMILES string of the molecule is O=C(c1ccccc1)n1c2c(c3ccccc31)CC(C(=O)O)(C(=O)O)CC2. The van der Waals surface area contributed by atoms with Crippen LogP contribution in [-0.2, 0) is 22.4 Å². The van der Waals surface area contributed by atoms with Crippen molar-refractivity contribution < 1.29 is 24.6 Å². The normalized spacial score (nSPS) is 15.3. The molecule has 0 fully saturated rings. The van der Waals surface area contributed by atoms with Gasteiger partial charge in [0.2, 0.25) is 0 Å². The summed E-state index contributed by atoms with van der Waals surface area (Å²) in [5, 5.41) is 19.9. The molecule has 3 aromatic rings. The van der Waals surface area contributed by atoms with Crippen LogP contribution in [0.3, 0.4) is 0 Å². The van der Waals surface area contributed by atoms with Crippen molar-refractivity contribution in [1.82, 2.24) is 4.57 Å². The number of nitrogens with zero attached hydrogens (tertiary/aromatic N) is 1. The summed E-state index contributed by atoms with van der Waals surface area (Å²) in [6.45, 7) is 0. The number of para-hydroxylation sites is 1. The number of carbonyl (C=O) groups is 3. The van der Waals surface area contributed by atoms with Crippen LogP contribution in [0.25, 0.3) is 10.9 Å². The zero-order valence-corrected chi connectivity index (χ0v) is 14.4. The Balaban J connectivity index is 1.94. The van der Waals surface area contributed by atoms with E-state index in [1.165, 1.54) is 0 Å². The van der Waals surface area contributed by atoms with E-state index in [2.05, 4.69) is 0 Å². The van der Waals surface area contributed by atoms with E-state index in [4.69, 9.17) is 0 Å². The van der Waals surface area contributed by atoms with E-state index in [-0.39, 0.29) is 25.2 Å². The van der Waals surface area contributed by atoms with Gasteiger partial charge >= 0.3 is 11.9 Å². The third-order valence-electron chi connectivity index (χ3n) is 5.40. The molecule has 0 unspecified atom stereocenters. The molecule has 0 bridgehead atoms. The maximum absolute atomic E-state index is 13.2. The summed E-state index contributed by atoms with van der Waals surface area (Å²) in [7, 11) is 0. The summed E-state index contributed by atoms with van der Waals surface area (Å²) in [5.41, 5.74) is 0.656. The lowest BCUT2D eigenvalue weighted by Gasteiger charge is -2.29. The molecular weight excluding hydrogens is 346 g/mol. The van der Waals surface area contributed by atoms with Gasteiger partial charge in [-0.25, -0.2) is 0 Å². The number of aliphatic carboxylic acids is 2. The Bertz CT molecular complexity index is 1070. The van der Waals surface area contributed by atoms with Gasteiger partial charge in [0.1, 0.15) is 0 Å². The maximum atomic E-state index is 13.2. The first-order valence-electron chi connectivity index (χ1n) is 8.63. The van der Waals surface area contributed by atoms with Crippen molar-refractivity contribution in [2.24, 2.45) is 5.41 Å². The minimum Gasteiger partial charge on any atom is -0.480 e. The van der Waals surface area contributed by atoms with E-state index in [0.717, 1.165) is 5.39 Å². The Morgan fingerprint density at radius 1 is 0.889 bits per heavy atom. The molecule has 6 heteroatoms. The number of rotatable bonds is 3. The fourth-order valence-electron chi connectivity index (χ4n) is 3.94. The standard InChI is InChI=1S/C21H17NO5/c23-18(13-6-2-1-3-7-13)22-16-9-5-4-8-14(16)15-12-21(19(24)25,20(26)27)11-10-17(15)22/h1-9H,10-12H2,(H,24,25)(H,26,27). The highest BCUT2D eigenvalue weighted by Crippen LogP contribution is 2.41. The summed E-state index contributed by atoms with van der Waals surface area (Å²) in [4.78, 5) is 36.7. The lowest BCUT2D eigenvalue weighted by molar-refractivity contribution is -0.165. The maximum Gasteiger partial charge on any atom is 0.321 e. The quantitative estimate of drug-likeness (QED) is 0.698. The minimum absolute atomic E-state index is 0.0525. The molecule has 1 aliphatic carbocycles. The highest BCUT2D eigenvalue weighted by molar-refractivity contribution is 6.05. The van der Waals surface area contributed by atoms with Gasteiger partial charge in [-0.15, -0.1) is 0 Å². The lowest BCUT2D eigenvalue weighted by atomic mass is 9.72. The predicted octanol–water partition coefficient (Wildman–Crippen LogP) is 2.97. The summed E-state index contributed by atoms with van der Waals surface area (Å²) < 4.78 is 1.60. The molecule has 6 nitrogen and oxygen atoms in total. The van der Waals surface area contributed by atoms with Crippen molar-refractivity contribution in [2.75, 3.05) is 0 Å². The molecule has 1 aromatic heterocycles. The Morgan fingerprint density at radius 3 is 2.19 bits per heavy atom. The molecule has 2 aromatic carbocycles. The second-order valence-corrected chi connectivity index (χ2v) is 6.82. The van der Waals surface area contributed by atoms with Crippen LogP contribution < -0.4 is 0 Å².